The van der Waals surface area contributed by atoms with Gasteiger partial charge in [0.2, 0.25) is 0 Å². The molecule has 180 valence electrons. The van der Waals surface area contributed by atoms with Crippen molar-refractivity contribution in [3.8, 4) is 5.75 Å². The van der Waals surface area contributed by atoms with E-state index in [0.29, 0.717) is 11.4 Å². The molecule has 7 nitrogen and oxygen atoms in total. The first-order chi connectivity index (χ1) is 14.9. The number of benzene rings is 1. The molecule has 7 heteroatoms. The Bertz CT molecular complexity index is 849. The maximum Gasteiger partial charge on any atom is 0.337 e. The fourth-order valence-corrected chi connectivity index (χ4v) is 2.03. The van der Waals surface area contributed by atoms with Crippen LogP contribution in [-0.4, -0.2) is 35.1 Å². The molecule has 0 unspecified atom stereocenters. The van der Waals surface area contributed by atoms with Crippen LogP contribution in [0.2, 0.25) is 0 Å². The Balaban J connectivity index is 0. The fraction of sp³-hybridized carbons (Fsp3) is 0.440. The molecule has 0 aliphatic carbocycles. The monoisotopic (exact) mass is 447 g/mol. The predicted octanol–water partition coefficient (Wildman–Crippen LogP) is 6.55. The Hall–Kier alpha value is -3.22. The van der Waals surface area contributed by atoms with E-state index in [4.69, 9.17) is 4.74 Å². The van der Waals surface area contributed by atoms with E-state index in [1.807, 2.05) is 33.9 Å². The maximum absolute atomic E-state index is 11.4. The number of carboxylic acids is 1. The molecular formula is C25H41N3O4. The molecule has 0 saturated carbocycles. The van der Waals surface area contributed by atoms with E-state index in [-0.39, 0.29) is 11.0 Å². The zero-order valence-electron chi connectivity index (χ0n) is 21.4. The number of anilines is 2. The molecule has 0 saturated heterocycles. The average molecular weight is 448 g/mol. The van der Waals surface area contributed by atoms with E-state index in [9.17, 15) is 9.90 Å². The van der Waals surface area contributed by atoms with Crippen LogP contribution in [0.15, 0.2) is 49.3 Å². The lowest BCUT2D eigenvalue weighted by Gasteiger charge is -2.13. The summed E-state index contributed by atoms with van der Waals surface area (Å²) in [6.45, 7) is 20.7. The van der Waals surface area contributed by atoms with Crippen LogP contribution >= 0.6 is 0 Å². The zero-order chi connectivity index (χ0) is 25.5. The van der Waals surface area contributed by atoms with Crippen LogP contribution in [0.3, 0.4) is 0 Å². The van der Waals surface area contributed by atoms with E-state index in [2.05, 4.69) is 49.1 Å². The molecular weight excluding hydrogens is 406 g/mol. The summed E-state index contributed by atoms with van der Waals surface area (Å²) in [5, 5.41) is 16.9. The largest absolute Gasteiger partial charge is 0.502 e. The summed E-state index contributed by atoms with van der Waals surface area (Å²) in [6, 6.07) is 6.82. The summed E-state index contributed by atoms with van der Waals surface area (Å²) in [4.78, 5) is 11.4. The highest BCUT2D eigenvalue weighted by molar-refractivity contribution is 5.95. The number of aromatic nitrogens is 2. The van der Waals surface area contributed by atoms with Crippen molar-refractivity contribution in [2.24, 2.45) is 7.05 Å². The second kappa shape index (κ2) is 15.6. The third-order valence-corrected chi connectivity index (χ3v) is 3.72. The summed E-state index contributed by atoms with van der Waals surface area (Å²) < 4.78 is 11.3. The lowest BCUT2D eigenvalue weighted by atomic mass is 9.92. The normalized spacial score (nSPS) is 9.44. The van der Waals surface area contributed by atoms with Crippen LogP contribution in [0, 0.1) is 0 Å². The average Bonchev–Trinajstić information content (AvgIpc) is 3.11. The molecule has 2 rings (SSSR count). The van der Waals surface area contributed by atoms with Crippen molar-refractivity contribution in [3.63, 3.8) is 0 Å². The van der Waals surface area contributed by atoms with Gasteiger partial charge in [-0.3, -0.25) is 4.68 Å². The number of nitrogens with zero attached hydrogens (tertiary/aromatic N) is 2. The van der Waals surface area contributed by atoms with Crippen LogP contribution in [0.25, 0.3) is 0 Å². The number of nitrogens with one attached hydrogen (secondary N) is 1. The van der Waals surface area contributed by atoms with Crippen molar-refractivity contribution in [1.29, 1.82) is 0 Å². The van der Waals surface area contributed by atoms with E-state index < -0.39 is 5.97 Å². The zero-order valence-corrected chi connectivity index (χ0v) is 21.4. The second-order valence-corrected chi connectivity index (χ2v) is 7.44. The number of methoxy groups -OCH3 is 2. The van der Waals surface area contributed by atoms with Crippen LogP contribution in [0.5, 0.6) is 5.75 Å². The molecule has 1 aromatic heterocycles. The Kier molecular flexibility index (Phi) is 15.1. The molecule has 1 aromatic carbocycles. The van der Waals surface area contributed by atoms with Gasteiger partial charge in [-0.1, -0.05) is 47.3 Å². The number of rotatable bonds is 5. The van der Waals surface area contributed by atoms with Gasteiger partial charge >= 0.3 is 5.97 Å². The minimum atomic E-state index is -1.01. The van der Waals surface area contributed by atoms with Gasteiger partial charge in [-0.15, -0.1) is 6.58 Å². The van der Waals surface area contributed by atoms with E-state index >= 15 is 0 Å². The number of aryl methyl sites for hydroxylation is 1. The second-order valence-electron chi connectivity index (χ2n) is 7.44. The van der Waals surface area contributed by atoms with Crippen molar-refractivity contribution >= 4 is 17.5 Å². The summed E-state index contributed by atoms with van der Waals surface area (Å²) in [7, 11) is 4.93. The van der Waals surface area contributed by atoms with Crippen molar-refractivity contribution in [3.05, 3.63) is 60.5 Å². The highest BCUT2D eigenvalue weighted by atomic mass is 16.5. The van der Waals surface area contributed by atoms with Crippen molar-refractivity contribution < 1.29 is 19.4 Å². The van der Waals surface area contributed by atoms with Gasteiger partial charge in [-0.2, -0.15) is 5.10 Å². The number of carbonyl (C=O) groups is 1. The molecule has 0 fully saturated rings. The Morgan fingerprint density at radius 2 is 1.72 bits per heavy atom. The summed E-state index contributed by atoms with van der Waals surface area (Å²) in [6.07, 6.45) is 1.75. The van der Waals surface area contributed by atoms with E-state index in [0.717, 1.165) is 17.3 Å². The maximum atomic E-state index is 11.4. The van der Waals surface area contributed by atoms with Crippen LogP contribution < -0.4 is 10.1 Å². The third kappa shape index (κ3) is 11.2. The summed E-state index contributed by atoms with van der Waals surface area (Å²) in [5.74, 6) is 0.977. The van der Waals surface area contributed by atoms with Crippen molar-refractivity contribution in [2.75, 3.05) is 19.5 Å². The molecule has 0 atom stereocenters. The smallest absolute Gasteiger partial charge is 0.337 e. The number of hydrogen-bond acceptors (Lipinski definition) is 5. The molecule has 2 N–H and O–H groups in total. The van der Waals surface area contributed by atoms with Gasteiger partial charge in [0, 0.05) is 18.5 Å². The fourth-order valence-electron chi connectivity index (χ4n) is 2.03. The minimum absolute atomic E-state index is 0.0762. The highest BCUT2D eigenvalue weighted by Gasteiger charge is 2.20. The number of allylic oxidation sites excluding steroid dienone is 2. The van der Waals surface area contributed by atoms with Crippen molar-refractivity contribution in [2.45, 2.75) is 53.9 Å². The van der Waals surface area contributed by atoms with Crippen molar-refractivity contribution in [1.82, 2.24) is 9.78 Å². The van der Waals surface area contributed by atoms with E-state index in [1.165, 1.54) is 13.2 Å². The predicted molar refractivity (Wildman–Crippen MR) is 134 cm³/mol. The quantitative estimate of drug-likeness (QED) is 0.399. The summed E-state index contributed by atoms with van der Waals surface area (Å²) in [5.41, 5.74) is 1.50. The van der Waals surface area contributed by atoms with Gasteiger partial charge in [0.25, 0.3) is 0 Å². The molecule has 0 aliphatic rings. The number of ether oxygens (including phenoxy) is 2. The Labute approximate surface area is 193 Å². The molecule has 32 heavy (non-hydrogen) atoms. The standard InChI is InChI=1S/C16H21N3O3.C4H8O.C3H6.C2H6/c1-16(2,3)13-9-14(19(4)18-13)17-12-7-6-10(22-5)8-11(12)15(20)21;1-4(2)5-3;1-3-2;1-2/h6-9,17H,1-5H3,(H,20,21);1H2,2-3H3;3H,1H2,2H3;1-2H3. The van der Waals surface area contributed by atoms with Gasteiger partial charge in [0.1, 0.15) is 11.6 Å². The van der Waals surface area contributed by atoms with Crippen LogP contribution in [-0.2, 0) is 17.2 Å². The topological polar surface area (TPSA) is 85.6 Å². The summed E-state index contributed by atoms with van der Waals surface area (Å²) >= 11 is 0. The molecule has 1 heterocycles. The number of hydrogen-bond donors (Lipinski definition) is 2. The Morgan fingerprint density at radius 1 is 1.22 bits per heavy atom. The molecule has 2 aromatic rings. The highest BCUT2D eigenvalue weighted by Crippen LogP contribution is 2.28. The first-order valence-electron chi connectivity index (χ1n) is 10.4. The lowest BCUT2D eigenvalue weighted by molar-refractivity contribution is 0.0697. The van der Waals surface area contributed by atoms with Gasteiger partial charge in [0.15, 0.2) is 0 Å². The van der Waals surface area contributed by atoms with Gasteiger partial charge in [-0.05, 0) is 32.0 Å². The SMILES string of the molecule is C=C(C)OC.C=CC.CC.COc1ccc(Nc2cc(C(C)(C)C)nn2C)c(C(=O)O)c1. The van der Waals surface area contributed by atoms with Crippen LogP contribution in [0.1, 0.15) is 64.5 Å². The van der Waals surface area contributed by atoms with E-state index in [1.54, 1.807) is 36.9 Å². The molecule has 0 aliphatic heterocycles. The first kappa shape index (κ1) is 31.0. The van der Waals surface area contributed by atoms with Gasteiger partial charge in [-0.25, -0.2) is 4.79 Å². The third-order valence-electron chi connectivity index (χ3n) is 3.72. The first-order valence-corrected chi connectivity index (χ1v) is 10.4. The minimum Gasteiger partial charge on any atom is -0.502 e. The Morgan fingerprint density at radius 3 is 2.06 bits per heavy atom. The van der Waals surface area contributed by atoms with Gasteiger partial charge in [0.05, 0.1) is 36.9 Å². The number of carboxylic acid groups (broad SMARTS) is 1. The molecule has 0 radical (unpaired) electrons. The lowest BCUT2D eigenvalue weighted by Crippen LogP contribution is -2.12. The number of aromatic carboxylic acids is 1. The van der Waals surface area contributed by atoms with Gasteiger partial charge < -0.3 is 19.9 Å². The molecule has 0 amide bonds. The molecule has 0 spiro atoms. The van der Waals surface area contributed by atoms with Crippen LogP contribution in [0.4, 0.5) is 11.5 Å². The molecule has 0 bridgehead atoms.